The Labute approximate surface area is 121 Å². The highest BCUT2D eigenvalue weighted by atomic mass is 32.2. The Morgan fingerprint density at radius 3 is 2.50 bits per heavy atom. The van der Waals surface area contributed by atoms with Crippen LogP contribution in [0.25, 0.3) is 0 Å². The van der Waals surface area contributed by atoms with Crippen LogP contribution in [-0.4, -0.2) is 30.8 Å². The van der Waals surface area contributed by atoms with Crippen LogP contribution in [0.2, 0.25) is 0 Å². The minimum atomic E-state index is -3.47. The molecule has 0 bridgehead atoms. The summed E-state index contributed by atoms with van der Waals surface area (Å²) in [4.78, 5) is 4.06. The SMILES string of the molecule is CCC1(CC)CCN(S(=O)(=O)c2ccc(CN)cn2)C1. The van der Waals surface area contributed by atoms with Crippen molar-refractivity contribution in [3.8, 4) is 0 Å². The lowest BCUT2D eigenvalue weighted by Crippen LogP contribution is -2.32. The molecule has 0 amide bonds. The molecule has 1 aromatic heterocycles. The zero-order valence-electron chi connectivity index (χ0n) is 12.2. The normalized spacial score (nSPS) is 19.4. The third-order valence-corrected chi connectivity index (χ3v) is 6.30. The number of hydrogen-bond donors (Lipinski definition) is 1. The Balaban J connectivity index is 2.23. The molecule has 2 N–H and O–H groups in total. The van der Waals surface area contributed by atoms with E-state index in [1.54, 1.807) is 16.4 Å². The predicted octanol–water partition coefficient (Wildman–Crippen LogP) is 1.74. The zero-order valence-corrected chi connectivity index (χ0v) is 13.0. The molecule has 0 aromatic carbocycles. The van der Waals surface area contributed by atoms with Crippen LogP contribution in [0.15, 0.2) is 23.4 Å². The minimum Gasteiger partial charge on any atom is -0.326 e. The van der Waals surface area contributed by atoms with Gasteiger partial charge >= 0.3 is 0 Å². The van der Waals surface area contributed by atoms with Crippen LogP contribution in [0.4, 0.5) is 0 Å². The number of sulfonamides is 1. The molecule has 5 nitrogen and oxygen atoms in total. The van der Waals surface area contributed by atoms with Crippen LogP contribution < -0.4 is 5.73 Å². The molecule has 0 atom stereocenters. The molecule has 0 unspecified atom stereocenters. The van der Waals surface area contributed by atoms with E-state index >= 15 is 0 Å². The van der Waals surface area contributed by atoms with E-state index in [1.165, 1.54) is 6.20 Å². The molecular weight excluding hydrogens is 274 g/mol. The van der Waals surface area contributed by atoms with Crippen molar-refractivity contribution in [1.82, 2.24) is 9.29 Å². The number of rotatable bonds is 5. The van der Waals surface area contributed by atoms with Gasteiger partial charge in [0.2, 0.25) is 0 Å². The summed E-state index contributed by atoms with van der Waals surface area (Å²) in [5.41, 5.74) is 6.47. The Hall–Kier alpha value is -0.980. The summed E-state index contributed by atoms with van der Waals surface area (Å²) in [5.74, 6) is 0. The zero-order chi connectivity index (χ0) is 14.8. The Kier molecular flexibility index (Phi) is 4.46. The summed E-state index contributed by atoms with van der Waals surface area (Å²) in [6.45, 7) is 5.82. The second kappa shape index (κ2) is 5.79. The molecule has 2 rings (SSSR count). The lowest BCUT2D eigenvalue weighted by atomic mass is 9.82. The van der Waals surface area contributed by atoms with Crippen molar-refractivity contribution in [3.05, 3.63) is 23.9 Å². The first-order valence-corrected chi connectivity index (χ1v) is 8.56. The quantitative estimate of drug-likeness (QED) is 0.898. The predicted molar refractivity (Wildman–Crippen MR) is 78.5 cm³/mol. The number of hydrogen-bond acceptors (Lipinski definition) is 4. The van der Waals surface area contributed by atoms with Crippen molar-refractivity contribution in [2.75, 3.05) is 13.1 Å². The monoisotopic (exact) mass is 297 g/mol. The summed E-state index contributed by atoms with van der Waals surface area (Å²) in [7, 11) is -3.47. The molecule has 0 spiro atoms. The van der Waals surface area contributed by atoms with Crippen molar-refractivity contribution in [2.45, 2.75) is 44.7 Å². The van der Waals surface area contributed by atoms with E-state index in [2.05, 4.69) is 18.8 Å². The van der Waals surface area contributed by atoms with Crippen molar-refractivity contribution >= 4 is 10.0 Å². The van der Waals surface area contributed by atoms with E-state index in [-0.39, 0.29) is 10.4 Å². The highest BCUT2D eigenvalue weighted by molar-refractivity contribution is 7.89. The molecular formula is C14H23N3O2S. The highest BCUT2D eigenvalue weighted by Crippen LogP contribution is 2.38. The summed E-state index contributed by atoms with van der Waals surface area (Å²) in [6.07, 6.45) is 4.49. The average Bonchev–Trinajstić information content (AvgIpc) is 2.93. The van der Waals surface area contributed by atoms with Crippen molar-refractivity contribution < 1.29 is 8.42 Å². The molecule has 6 heteroatoms. The summed E-state index contributed by atoms with van der Waals surface area (Å²) < 4.78 is 26.7. The van der Waals surface area contributed by atoms with Crippen molar-refractivity contribution in [1.29, 1.82) is 0 Å². The van der Waals surface area contributed by atoms with E-state index in [0.29, 0.717) is 19.6 Å². The van der Waals surface area contributed by atoms with Crippen molar-refractivity contribution in [3.63, 3.8) is 0 Å². The minimum absolute atomic E-state index is 0.123. The maximum absolute atomic E-state index is 12.6. The maximum atomic E-state index is 12.6. The van der Waals surface area contributed by atoms with Gasteiger partial charge in [0.05, 0.1) is 0 Å². The van der Waals surface area contributed by atoms with Crippen LogP contribution in [0.1, 0.15) is 38.7 Å². The van der Waals surface area contributed by atoms with Crippen LogP contribution in [0.3, 0.4) is 0 Å². The van der Waals surface area contributed by atoms with Gasteiger partial charge in [-0.1, -0.05) is 19.9 Å². The first-order chi connectivity index (χ1) is 9.47. The standard InChI is InChI=1S/C14H23N3O2S/c1-3-14(4-2)7-8-17(11-14)20(18,19)13-6-5-12(9-15)10-16-13/h5-6,10H,3-4,7-9,11,15H2,1-2H3. The van der Waals surface area contributed by atoms with Crippen LogP contribution in [0, 0.1) is 5.41 Å². The fourth-order valence-corrected chi connectivity index (χ4v) is 4.21. The second-order valence-electron chi connectivity index (χ2n) is 5.50. The van der Waals surface area contributed by atoms with E-state index in [4.69, 9.17) is 5.73 Å². The fourth-order valence-electron chi connectivity index (χ4n) is 2.74. The number of pyridine rings is 1. The Morgan fingerprint density at radius 2 is 2.05 bits per heavy atom. The van der Waals surface area contributed by atoms with E-state index in [9.17, 15) is 8.42 Å². The smallest absolute Gasteiger partial charge is 0.260 e. The van der Waals surface area contributed by atoms with Gasteiger partial charge in [0, 0.05) is 25.8 Å². The molecule has 0 radical (unpaired) electrons. The molecule has 1 saturated heterocycles. The molecule has 112 valence electrons. The molecule has 0 aliphatic carbocycles. The highest BCUT2D eigenvalue weighted by Gasteiger charge is 2.40. The number of aromatic nitrogens is 1. The van der Waals surface area contributed by atoms with Gasteiger partial charge < -0.3 is 5.73 Å². The summed E-state index contributed by atoms with van der Waals surface area (Å²) in [6, 6.07) is 3.28. The molecule has 1 aromatic rings. The van der Waals surface area contributed by atoms with Crippen LogP contribution in [0.5, 0.6) is 0 Å². The molecule has 0 saturated carbocycles. The summed E-state index contributed by atoms with van der Waals surface area (Å²) in [5, 5.41) is 0.123. The van der Waals surface area contributed by atoms with Gasteiger partial charge in [-0.2, -0.15) is 4.31 Å². The number of nitrogens with two attached hydrogens (primary N) is 1. The van der Waals surface area contributed by atoms with E-state index in [0.717, 1.165) is 24.8 Å². The van der Waals surface area contributed by atoms with Gasteiger partial charge in [0.25, 0.3) is 10.0 Å². The van der Waals surface area contributed by atoms with Crippen LogP contribution >= 0.6 is 0 Å². The maximum Gasteiger partial charge on any atom is 0.260 e. The first-order valence-electron chi connectivity index (χ1n) is 7.12. The average molecular weight is 297 g/mol. The molecule has 1 aliphatic rings. The lowest BCUT2D eigenvalue weighted by Gasteiger charge is -2.26. The molecule has 1 fully saturated rings. The molecule has 1 aliphatic heterocycles. The van der Waals surface area contributed by atoms with Gasteiger partial charge in [-0.05, 0) is 36.3 Å². The summed E-state index contributed by atoms with van der Waals surface area (Å²) >= 11 is 0. The van der Waals surface area contributed by atoms with E-state index < -0.39 is 10.0 Å². The lowest BCUT2D eigenvalue weighted by molar-refractivity contribution is 0.279. The Bertz CT molecular complexity index is 550. The van der Waals surface area contributed by atoms with Gasteiger partial charge in [-0.15, -0.1) is 0 Å². The van der Waals surface area contributed by atoms with Gasteiger partial charge in [0.1, 0.15) is 0 Å². The second-order valence-corrected chi connectivity index (χ2v) is 7.39. The third-order valence-electron chi connectivity index (χ3n) is 4.54. The third kappa shape index (κ3) is 2.73. The first kappa shape index (κ1) is 15.4. The van der Waals surface area contributed by atoms with Gasteiger partial charge in [-0.25, -0.2) is 13.4 Å². The fraction of sp³-hybridized carbons (Fsp3) is 0.643. The Morgan fingerprint density at radius 1 is 1.35 bits per heavy atom. The van der Waals surface area contributed by atoms with Gasteiger partial charge in [-0.3, -0.25) is 0 Å². The van der Waals surface area contributed by atoms with Crippen molar-refractivity contribution in [2.24, 2.45) is 11.1 Å². The number of nitrogens with zero attached hydrogens (tertiary/aromatic N) is 2. The van der Waals surface area contributed by atoms with Gasteiger partial charge in [0.15, 0.2) is 5.03 Å². The molecule has 20 heavy (non-hydrogen) atoms. The largest absolute Gasteiger partial charge is 0.326 e. The topological polar surface area (TPSA) is 76.3 Å². The molecule has 2 heterocycles. The van der Waals surface area contributed by atoms with E-state index in [1.807, 2.05) is 0 Å². The van der Waals surface area contributed by atoms with Crippen LogP contribution in [-0.2, 0) is 16.6 Å².